The fourth-order valence-corrected chi connectivity index (χ4v) is 5.36. The number of amides is 1. The van der Waals surface area contributed by atoms with E-state index in [1.165, 1.54) is 12.1 Å². The first-order valence-corrected chi connectivity index (χ1v) is 14.1. The fourth-order valence-electron chi connectivity index (χ4n) is 4.75. The minimum absolute atomic E-state index is 0.0222. The monoisotopic (exact) mass is 545 g/mol. The number of phenols is 1. The van der Waals surface area contributed by atoms with Crippen molar-refractivity contribution in [1.29, 1.82) is 0 Å². The van der Waals surface area contributed by atoms with Crippen LogP contribution in [0, 0.1) is 0 Å². The van der Waals surface area contributed by atoms with E-state index in [1.54, 1.807) is 23.9 Å². The summed E-state index contributed by atoms with van der Waals surface area (Å²) in [5, 5.41) is 28.1. The molecule has 0 aliphatic rings. The maximum atomic E-state index is 12.6. The minimum atomic E-state index is -0.843. The number of aromatic hydroxyl groups is 1. The number of carbonyl (C=O) groups excluding carboxylic acids is 1. The molecule has 0 saturated heterocycles. The highest BCUT2D eigenvalue weighted by molar-refractivity contribution is 7.98. The number of nitrogens with one attached hydrogen (secondary N) is 3. The van der Waals surface area contributed by atoms with Crippen LogP contribution < -0.4 is 16.2 Å². The van der Waals surface area contributed by atoms with Crippen molar-refractivity contribution < 1.29 is 15.0 Å². The summed E-state index contributed by atoms with van der Waals surface area (Å²) in [5.74, 6) is -0.0590. The van der Waals surface area contributed by atoms with Crippen LogP contribution in [0.25, 0.3) is 10.9 Å². The van der Waals surface area contributed by atoms with Crippen molar-refractivity contribution in [3.63, 3.8) is 0 Å². The highest BCUT2D eigenvalue weighted by atomic mass is 32.2. The number of aromatic nitrogens is 1. The second-order valence-corrected chi connectivity index (χ2v) is 11.2. The van der Waals surface area contributed by atoms with E-state index in [4.69, 9.17) is 0 Å². The summed E-state index contributed by atoms with van der Waals surface area (Å²) in [7, 11) is 0. The Balaban J connectivity index is 1.35. The van der Waals surface area contributed by atoms with Gasteiger partial charge in [-0.25, -0.2) is 0 Å². The lowest BCUT2D eigenvalue weighted by Gasteiger charge is -2.28. The van der Waals surface area contributed by atoms with Crippen LogP contribution in [0.15, 0.2) is 82.5 Å². The van der Waals surface area contributed by atoms with Crippen LogP contribution in [0.5, 0.6) is 5.75 Å². The van der Waals surface area contributed by atoms with Gasteiger partial charge < -0.3 is 25.8 Å². The van der Waals surface area contributed by atoms with Crippen molar-refractivity contribution in [2.75, 3.05) is 12.8 Å². The molecule has 0 radical (unpaired) electrons. The predicted octanol–water partition coefficient (Wildman–Crippen LogP) is 4.46. The molecule has 0 fully saturated rings. The minimum Gasteiger partial charge on any atom is -0.506 e. The third kappa shape index (κ3) is 7.50. The number of fused-ring (bicyclic) bond motifs is 1. The Bertz CT molecular complexity index is 1520. The van der Waals surface area contributed by atoms with Gasteiger partial charge in [-0.3, -0.25) is 9.59 Å². The quantitative estimate of drug-likeness (QED) is 0.178. The van der Waals surface area contributed by atoms with E-state index in [9.17, 15) is 19.8 Å². The summed E-state index contributed by atoms with van der Waals surface area (Å²) < 4.78 is 0. The van der Waals surface area contributed by atoms with Crippen LogP contribution in [0.1, 0.15) is 42.2 Å². The summed E-state index contributed by atoms with van der Waals surface area (Å²) in [6.45, 7) is 4.91. The Hall–Kier alpha value is -3.59. The molecule has 204 valence electrons. The number of pyridine rings is 1. The van der Waals surface area contributed by atoms with Crippen molar-refractivity contribution in [3.8, 4) is 5.75 Å². The molecule has 0 aliphatic carbocycles. The molecule has 1 heterocycles. The third-order valence-corrected chi connectivity index (χ3v) is 7.55. The van der Waals surface area contributed by atoms with E-state index in [-0.39, 0.29) is 29.3 Å². The molecule has 39 heavy (non-hydrogen) atoms. The Labute approximate surface area is 232 Å². The van der Waals surface area contributed by atoms with Crippen molar-refractivity contribution in [2.24, 2.45) is 0 Å². The molecule has 4 rings (SSSR count). The SMILES string of the molecule is CSc1ccccc1CNC(=O)Cc1cccc(CC(C)(C)NC[C@H](O)c2ccc(O)c3[nH]c(=O)ccc23)c1. The number of carbonyl (C=O) groups is 1. The molecule has 1 aromatic heterocycles. The zero-order valence-electron chi connectivity index (χ0n) is 22.5. The zero-order valence-corrected chi connectivity index (χ0v) is 23.3. The van der Waals surface area contributed by atoms with E-state index in [1.807, 2.05) is 42.7 Å². The van der Waals surface area contributed by atoms with E-state index in [0.29, 0.717) is 35.9 Å². The number of H-pyrrole nitrogens is 1. The number of thioether (sulfide) groups is 1. The lowest BCUT2D eigenvalue weighted by molar-refractivity contribution is -0.120. The Morgan fingerprint density at radius 2 is 1.79 bits per heavy atom. The molecule has 3 aromatic carbocycles. The smallest absolute Gasteiger partial charge is 0.248 e. The standard InChI is InChI=1S/C31H35N3O4S/c1-31(2,33-19-26(36)23-11-13-25(35)30-24(23)12-14-28(37)34-30)17-21-8-6-7-20(15-21)16-29(38)32-18-22-9-4-5-10-27(22)39-3/h4-15,26,33,35-36H,16-19H2,1-3H3,(H,32,38)(H,34,37)/t26-/m0/s1. The lowest BCUT2D eigenvalue weighted by Crippen LogP contribution is -2.43. The Morgan fingerprint density at radius 1 is 1.03 bits per heavy atom. The molecular formula is C31H35N3O4S. The van der Waals surface area contributed by atoms with E-state index < -0.39 is 6.10 Å². The molecule has 5 N–H and O–H groups in total. The summed E-state index contributed by atoms with van der Waals surface area (Å²) in [4.78, 5) is 28.1. The van der Waals surface area contributed by atoms with Crippen LogP contribution >= 0.6 is 11.8 Å². The maximum Gasteiger partial charge on any atom is 0.248 e. The molecular weight excluding hydrogens is 510 g/mol. The first-order chi connectivity index (χ1) is 18.6. The largest absolute Gasteiger partial charge is 0.506 e. The van der Waals surface area contributed by atoms with Gasteiger partial charge in [0.25, 0.3) is 0 Å². The summed E-state index contributed by atoms with van der Waals surface area (Å²) >= 11 is 1.67. The van der Waals surface area contributed by atoms with Gasteiger partial charge in [0.1, 0.15) is 5.75 Å². The number of aliphatic hydroxyl groups excluding tert-OH is 1. The van der Waals surface area contributed by atoms with Crippen LogP contribution in [0.2, 0.25) is 0 Å². The molecule has 0 saturated carbocycles. The van der Waals surface area contributed by atoms with Gasteiger partial charge in [0, 0.05) is 35.0 Å². The summed E-state index contributed by atoms with van der Waals surface area (Å²) in [6, 6.07) is 22.2. The van der Waals surface area contributed by atoms with Crippen molar-refractivity contribution >= 4 is 28.6 Å². The van der Waals surface area contributed by atoms with Gasteiger partial charge in [0.15, 0.2) is 0 Å². The van der Waals surface area contributed by atoms with Crippen LogP contribution in [-0.2, 0) is 24.2 Å². The van der Waals surface area contributed by atoms with Gasteiger partial charge in [-0.2, -0.15) is 0 Å². The van der Waals surface area contributed by atoms with Gasteiger partial charge in [0.2, 0.25) is 11.5 Å². The highest BCUT2D eigenvalue weighted by Crippen LogP contribution is 2.29. The topological polar surface area (TPSA) is 114 Å². The molecule has 7 nitrogen and oxygen atoms in total. The number of β-amino-alcohol motifs (C(OH)–C–C–N with tert-alkyl or cyclic N) is 1. The number of benzene rings is 3. The molecule has 1 atom stereocenters. The molecule has 4 aromatic rings. The van der Waals surface area contributed by atoms with Gasteiger partial charge in [-0.15, -0.1) is 11.8 Å². The predicted molar refractivity (Wildman–Crippen MR) is 157 cm³/mol. The number of phenolic OH excluding ortho intramolecular Hbond substituents is 1. The number of hydrogen-bond donors (Lipinski definition) is 5. The van der Waals surface area contributed by atoms with Crippen molar-refractivity contribution in [3.05, 3.63) is 105 Å². The lowest BCUT2D eigenvalue weighted by atomic mass is 9.92. The number of aromatic amines is 1. The average Bonchev–Trinajstić information content (AvgIpc) is 2.91. The maximum absolute atomic E-state index is 12.6. The molecule has 0 aliphatic heterocycles. The van der Waals surface area contributed by atoms with Gasteiger partial charge >= 0.3 is 0 Å². The molecule has 0 spiro atoms. The second-order valence-electron chi connectivity index (χ2n) is 10.3. The molecule has 0 unspecified atom stereocenters. The highest BCUT2D eigenvalue weighted by Gasteiger charge is 2.21. The second kappa shape index (κ2) is 12.5. The van der Waals surface area contributed by atoms with E-state index in [2.05, 4.69) is 41.6 Å². The Morgan fingerprint density at radius 3 is 2.59 bits per heavy atom. The molecule has 8 heteroatoms. The average molecular weight is 546 g/mol. The normalized spacial score (nSPS) is 12.4. The van der Waals surface area contributed by atoms with Crippen LogP contribution in [0.4, 0.5) is 0 Å². The number of aliphatic hydroxyl groups is 1. The Kier molecular flexibility index (Phi) is 9.12. The van der Waals surface area contributed by atoms with E-state index in [0.717, 1.165) is 21.6 Å². The third-order valence-electron chi connectivity index (χ3n) is 6.71. The van der Waals surface area contributed by atoms with E-state index >= 15 is 0 Å². The van der Waals surface area contributed by atoms with Crippen molar-refractivity contribution in [1.82, 2.24) is 15.6 Å². The fraction of sp³-hybridized carbons (Fsp3) is 0.290. The number of hydrogen-bond acceptors (Lipinski definition) is 6. The first kappa shape index (κ1) is 28.4. The first-order valence-electron chi connectivity index (χ1n) is 12.9. The number of rotatable bonds is 11. The van der Waals surface area contributed by atoms with Gasteiger partial charge in [0.05, 0.1) is 18.0 Å². The zero-order chi connectivity index (χ0) is 28.0. The summed E-state index contributed by atoms with van der Waals surface area (Å²) in [5.41, 5.74) is 3.42. The van der Waals surface area contributed by atoms with Gasteiger partial charge in [-0.05, 0) is 67.0 Å². The van der Waals surface area contributed by atoms with Crippen LogP contribution in [0.3, 0.4) is 0 Å². The molecule has 1 amide bonds. The van der Waals surface area contributed by atoms with Gasteiger partial charge in [-0.1, -0.05) is 48.5 Å². The molecule has 0 bridgehead atoms. The van der Waals surface area contributed by atoms with Crippen LogP contribution in [-0.4, -0.2) is 39.4 Å². The van der Waals surface area contributed by atoms with Crippen molar-refractivity contribution in [2.45, 2.75) is 49.8 Å². The summed E-state index contributed by atoms with van der Waals surface area (Å²) in [6.07, 6.45) is 2.18.